The molecule has 1 atom stereocenters. The van der Waals surface area contributed by atoms with E-state index in [4.69, 9.17) is 5.26 Å². The van der Waals surface area contributed by atoms with Gasteiger partial charge in [-0.15, -0.1) is 0 Å². The molecule has 0 bridgehead atoms. The lowest BCUT2D eigenvalue weighted by atomic mass is 10.1. The van der Waals surface area contributed by atoms with Crippen LogP contribution in [-0.4, -0.2) is 29.6 Å². The number of nitrogens with zero attached hydrogens (tertiary/aromatic N) is 3. The van der Waals surface area contributed by atoms with Crippen molar-refractivity contribution in [3.8, 4) is 6.07 Å². The maximum absolute atomic E-state index is 12.9. The van der Waals surface area contributed by atoms with Crippen LogP contribution in [0.25, 0.3) is 0 Å². The van der Waals surface area contributed by atoms with Crippen LogP contribution < -0.4 is 10.5 Å². The van der Waals surface area contributed by atoms with E-state index in [2.05, 4.69) is 4.74 Å². The fourth-order valence-corrected chi connectivity index (χ4v) is 3.23. The first kappa shape index (κ1) is 17.4. The molecule has 0 spiro atoms. The molecule has 0 saturated heterocycles. The molecule has 1 aromatic heterocycles. The number of carbonyl (C=O) groups is 2. The Kier molecular flexibility index (Phi) is 4.59. The number of esters is 1. The largest absolute Gasteiger partial charge is 0.465 e. The summed E-state index contributed by atoms with van der Waals surface area (Å²) in [5, 5.41) is 9.13. The number of para-hydroxylation sites is 1. The number of pyridine rings is 1. The lowest BCUT2D eigenvalue weighted by Crippen LogP contribution is -2.40. The third-order valence-electron chi connectivity index (χ3n) is 4.41. The molecule has 26 heavy (non-hydrogen) atoms. The molecule has 2 aromatic rings. The molecular formula is C19H17N3O4. The second kappa shape index (κ2) is 6.84. The monoisotopic (exact) mass is 351 g/mol. The van der Waals surface area contributed by atoms with Gasteiger partial charge in [0.15, 0.2) is 0 Å². The van der Waals surface area contributed by atoms with Crippen molar-refractivity contribution in [2.75, 3.05) is 12.0 Å². The highest BCUT2D eigenvalue weighted by molar-refractivity contribution is 5.96. The van der Waals surface area contributed by atoms with Crippen LogP contribution >= 0.6 is 0 Å². The number of ether oxygens (including phenoxy) is 1. The number of methoxy groups -OCH3 is 1. The smallest absolute Gasteiger partial charge is 0.339 e. The first-order valence-corrected chi connectivity index (χ1v) is 8.09. The fourth-order valence-electron chi connectivity index (χ4n) is 3.23. The summed E-state index contributed by atoms with van der Waals surface area (Å²) < 4.78 is 5.72. The normalized spacial score (nSPS) is 15.3. The first-order valence-electron chi connectivity index (χ1n) is 8.09. The quantitative estimate of drug-likeness (QED) is 0.781. The highest BCUT2D eigenvalue weighted by Crippen LogP contribution is 2.31. The van der Waals surface area contributed by atoms with Crippen molar-refractivity contribution in [2.45, 2.75) is 25.9 Å². The predicted molar refractivity (Wildman–Crippen MR) is 93.9 cm³/mol. The van der Waals surface area contributed by atoms with Crippen molar-refractivity contribution in [1.29, 1.82) is 5.26 Å². The van der Waals surface area contributed by atoms with E-state index in [0.29, 0.717) is 0 Å². The van der Waals surface area contributed by atoms with Gasteiger partial charge < -0.3 is 14.2 Å². The molecule has 0 fully saturated rings. The van der Waals surface area contributed by atoms with Crippen LogP contribution in [-0.2, 0) is 22.5 Å². The zero-order chi connectivity index (χ0) is 18.8. The van der Waals surface area contributed by atoms with Gasteiger partial charge in [0.1, 0.15) is 18.2 Å². The molecule has 1 aromatic carbocycles. The number of nitriles is 1. The summed E-state index contributed by atoms with van der Waals surface area (Å²) >= 11 is 0. The van der Waals surface area contributed by atoms with Gasteiger partial charge in [-0.2, -0.15) is 5.26 Å². The number of anilines is 1. The van der Waals surface area contributed by atoms with Gasteiger partial charge >= 0.3 is 5.97 Å². The highest BCUT2D eigenvalue weighted by Gasteiger charge is 2.30. The van der Waals surface area contributed by atoms with E-state index in [0.717, 1.165) is 22.2 Å². The average molecular weight is 351 g/mol. The molecular weight excluding hydrogens is 334 g/mol. The maximum Gasteiger partial charge on any atom is 0.339 e. The molecule has 1 aliphatic rings. The van der Waals surface area contributed by atoms with Crippen LogP contribution in [0.2, 0.25) is 0 Å². The van der Waals surface area contributed by atoms with E-state index < -0.39 is 11.5 Å². The third kappa shape index (κ3) is 2.97. The minimum atomic E-state index is -0.678. The van der Waals surface area contributed by atoms with E-state index in [-0.39, 0.29) is 29.6 Å². The van der Waals surface area contributed by atoms with Crippen molar-refractivity contribution in [2.24, 2.45) is 0 Å². The van der Waals surface area contributed by atoms with Crippen LogP contribution in [0.15, 0.2) is 41.3 Å². The van der Waals surface area contributed by atoms with E-state index in [1.165, 1.54) is 19.4 Å². The summed E-state index contributed by atoms with van der Waals surface area (Å²) in [6.07, 6.45) is 1.99. The minimum absolute atomic E-state index is 0.0326. The van der Waals surface area contributed by atoms with E-state index in [9.17, 15) is 14.4 Å². The van der Waals surface area contributed by atoms with E-state index in [1.54, 1.807) is 11.0 Å². The van der Waals surface area contributed by atoms with Crippen molar-refractivity contribution in [3.05, 3.63) is 63.6 Å². The van der Waals surface area contributed by atoms with E-state index >= 15 is 0 Å². The average Bonchev–Trinajstić information content (AvgIpc) is 2.98. The molecule has 2 heterocycles. The van der Waals surface area contributed by atoms with Crippen LogP contribution in [0.4, 0.5) is 5.69 Å². The zero-order valence-electron chi connectivity index (χ0n) is 14.4. The Morgan fingerprint density at radius 3 is 2.77 bits per heavy atom. The van der Waals surface area contributed by atoms with Crippen LogP contribution in [0, 0.1) is 11.3 Å². The number of hydrogen-bond donors (Lipinski definition) is 0. The number of aromatic nitrogens is 1. The Bertz CT molecular complexity index is 987. The van der Waals surface area contributed by atoms with Crippen LogP contribution in [0.3, 0.4) is 0 Å². The Hall–Kier alpha value is -3.40. The molecule has 1 amide bonds. The lowest BCUT2D eigenvalue weighted by molar-refractivity contribution is -0.119. The zero-order valence-corrected chi connectivity index (χ0v) is 14.4. The first-order chi connectivity index (χ1) is 12.5. The number of amides is 1. The Morgan fingerprint density at radius 1 is 1.35 bits per heavy atom. The highest BCUT2D eigenvalue weighted by atomic mass is 16.5. The number of benzene rings is 1. The summed E-state index contributed by atoms with van der Waals surface area (Å²) in [6, 6.07) is 10.5. The molecule has 0 saturated carbocycles. The standard InChI is InChI=1S/C19H17N3O4/c1-12-7-13-5-3-4-6-16(13)22(12)17(23)11-21-10-15(19(25)26-2)8-14(9-20)18(21)24/h3-6,8,10,12H,7,11H2,1-2H3/t12-/m0/s1. The Labute approximate surface area is 150 Å². The van der Waals surface area contributed by atoms with Gasteiger partial charge in [0.2, 0.25) is 5.91 Å². The van der Waals surface area contributed by atoms with Gasteiger partial charge in [0.05, 0.1) is 12.7 Å². The van der Waals surface area contributed by atoms with Crippen LogP contribution in [0.5, 0.6) is 0 Å². The Morgan fingerprint density at radius 2 is 2.08 bits per heavy atom. The van der Waals surface area contributed by atoms with Gasteiger partial charge in [-0.1, -0.05) is 18.2 Å². The van der Waals surface area contributed by atoms with Crippen molar-refractivity contribution in [1.82, 2.24) is 4.57 Å². The third-order valence-corrected chi connectivity index (χ3v) is 4.41. The molecule has 0 aliphatic carbocycles. The molecule has 132 valence electrons. The summed E-state index contributed by atoms with van der Waals surface area (Å²) in [4.78, 5) is 38.6. The van der Waals surface area contributed by atoms with Crippen LogP contribution in [0.1, 0.15) is 28.4 Å². The van der Waals surface area contributed by atoms with Gasteiger partial charge in [-0.3, -0.25) is 9.59 Å². The van der Waals surface area contributed by atoms with Gasteiger partial charge in [0.25, 0.3) is 5.56 Å². The minimum Gasteiger partial charge on any atom is -0.465 e. The summed E-state index contributed by atoms with van der Waals surface area (Å²) in [6.45, 7) is 1.67. The fraction of sp³-hybridized carbons (Fsp3) is 0.263. The molecule has 7 nitrogen and oxygen atoms in total. The van der Waals surface area contributed by atoms with E-state index in [1.807, 2.05) is 31.2 Å². The number of hydrogen-bond acceptors (Lipinski definition) is 5. The predicted octanol–water partition coefficient (Wildman–Crippen LogP) is 1.48. The van der Waals surface area contributed by atoms with Gasteiger partial charge in [-0.05, 0) is 31.0 Å². The molecule has 0 radical (unpaired) electrons. The van der Waals surface area contributed by atoms with Crippen molar-refractivity contribution >= 4 is 17.6 Å². The summed E-state index contributed by atoms with van der Waals surface area (Å²) in [5.74, 6) is -0.960. The lowest BCUT2D eigenvalue weighted by Gasteiger charge is -2.23. The molecule has 7 heteroatoms. The second-order valence-corrected chi connectivity index (χ2v) is 6.12. The number of carbonyl (C=O) groups excluding carboxylic acids is 2. The second-order valence-electron chi connectivity index (χ2n) is 6.12. The Balaban J connectivity index is 1.96. The van der Waals surface area contributed by atoms with Gasteiger partial charge in [-0.25, -0.2) is 4.79 Å². The summed E-state index contributed by atoms with van der Waals surface area (Å²) in [7, 11) is 1.21. The number of rotatable bonds is 3. The molecule has 1 aliphatic heterocycles. The maximum atomic E-state index is 12.9. The topological polar surface area (TPSA) is 92.4 Å². The molecule has 3 rings (SSSR count). The molecule has 0 N–H and O–H groups in total. The van der Waals surface area contributed by atoms with Gasteiger partial charge in [0, 0.05) is 17.9 Å². The summed E-state index contributed by atoms with van der Waals surface area (Å²) in [5.41, 5.74) is 1.11. The van der Waals surface area contributed by atoms with Crippen molar-refractivity contribution < 1.29 is 14.3 Å². The number of fused-ring (bicyclic) bond motifs is 1. The molecule has 0 unspecified atom stereocenters. The SMILES string of the molecule is COC(=O)c1cc(C#N)c(=O)n(CC(=O)N2c3ccccc3C[C@@H]2C)c1. The van der Waals surface area contributed by atoms with Crippen molar-refractivity contribution in [3.63, 3.8) is 0 Å².